The second-order valence-electron chi connectivity index (χ2n) is 6.12. The van der Waals surface area contributed by atoms with Gasteiger partial charge in [-0.15, -0.1) is 11.8 Å². The molecule has 31 heavy (non-hydrogen) atoms. The first-order chi connectivity index (χ1) is 14.3. The Labute approximate surface area is 195 Å². The summed E-state index contributed by atoms with van der Waals surface area (Å²) >= 11 is 0. The first-order valence-electron chi connectivity index (χ1n) is 11.1. The molecule has 188 valence electrons. The van der Waals surface area contributed by atoms with Gasteiger partial charge in [-0.2, -0.15) is 0 Å². The number of aliphatic hydroxyl groups excluding tert-OH is 2. The van der Waals surface area contributed by atoms with Gasteiger partial charge >= 0.3 is 0 Å². The van der Waals surface area contributed by atoms with Gasteiger partial charge < -0.3 is 20.5 Å². The van der Waals surface area contributed by atoms with Crippen LogP contribution in [0, 0.1) is 31.6 Å². The molecule has 4 nitrogen and oxygen atoms in total. The zero-order chi connectivity index (χ0) is 25.4. The molecule has 0 radical (unpaired) electrons. The van der Waals surface area contributed by atoms with E-state index in [9.17, 15) is 4.79 Å². The molecule has 0 amide bonds. The molecular weight excluding hydrogens is 388 g/mol. The SMILES string of the molecule is CC.CC.CC(C)=O.CCCCC#CCC(C)C.CO.CO.Cc1cccc(C)c1.O. The molecule has 0 saturated heterocycles. The van der Waals surface area contributed by atoms with Crippen LogP contribution in [0.25, 0.3) is 0 Å². The van der Waals surface area contributed by atoms with Crippen molar-refractivity contribution in [3.05, 3.63) is 35.4 Å². The number of carbonyl (C=O) groups excluding carboxylic acids is 1. The Balaban J connectivity index is -0.0000000492. The van der Waals surface area contributed by atoms with E-state index < -0.39 is 0 Å². The third-order valence-electron chi connectivity index (χ3n) is 2.46. The highest BCUT2D eigenvalue weighted by Crippen LogP contribution is 2.00. The molecule has 4 heteroatoms. The summed E-state index contributed by atoms with van der Waals surface area (Å²) in [4.78, 5) is 9.44. The van der Waals surface area contributed by atoms with Crippen molar-refractivity contribution < 1.29 is 20.5 Å². The Kier molecular flexibility index (Phi) is 78.0. The van der Waals surface area contributed by atoms with Crippen molar-refractivity contribution >= 4 is 5.78 Å². The number of carbonyl (C=O) groups is 1. The summed E-state index contributed by atoms with van der Waals surface area (Å²) in [7, 11) is 2.00. The predicted octanol–water partition coefficient (Wildman–Crippen LogP) is 6.57. The van der Waals surface area contributed by atoms with Crippen LogP contribution in [-0.2, 0) is 4.79 Å². The molecular formula is C27H56O4. The summed E-state index contributed by atoms with van der Waals surface area (Å²) in [5.41, 5.74) is 2.68. The number of hydrogen-bond acceptors (Lipinski definition) is 3. The van der Waals surface area contributed by atoms with Crippen LogP contribution in [0.3, 0.4) is 0 Å². The van der Waals surface area contributed by atoms with Crippen LogP contribution >= 0.6 is 0 Å². The normalized spacial score (nSPS) is 6.97. The Morgan fingerprint density at radius 2 is 1.26 bits per heavy atom. The van der Waals surface area contributed by atoms with Gasteiger partial charge in [-0.25, -0.2) is 0 Å². The van der Waals surface area contributed by atoms with Crippen molar-refractivity contribution in [2.24, 2.45) is 5.92 Å². The number of ketones is 1. The fourth-order valence-electron chi connectivity index (χ4n) is 1.44. The summed E-state index contributed by atoms with van der Waals surface area (Å²) in [6, 6.07) is 8.45. The molecule has 0 spiro atoms. The van der Waals surface area contributed by atoms with Crippen molar-refractivity contribution in [2.45, 2.75) is 102 Å². The van der Waals surface area contributed by atoms with Crippen LogP contribution in [0.2, 0.25) is 0 Å². The van der Waals surface area contributed by atoms with Crippen LogP contribution in [-0.4, -0.2) is 35.7 Å². The molecule has 1 aromatic carbocycles. The number of benzene rings is 1. The van der Waals surface area contributed by atoms with Gasteiger partial charge in [-0.1, -0.05) is 90.3 Å². The van der Waals surface area contributed by atoms with Crippen molar-refractivity contribution in [3.63, 3.8) is 0 Å². The minimum Gasteiger partial charge on any atom is -0.412 e. The van der Waals surface area contributed by atoms with E-state index in [-0.39, 0.29) is 11.3 Å². The average Bonchev–Trinajstić information content (AvgIpc) is 2.73. The zero-order valence-electron chi connectivity index (χ0n) is 23.0. The first-order valence-corrected chi connectivity index (χ1v) is 11.1. The standard InChI is InChI=1S/C10H18.C8H10.C3H6O.2C2H6.2CH4O.H2O/c1-4-5-6-7-8-9-10(2)3;1-7-4-3-5-8(2)6-7;1-3(2)4;4*1-2;/h10H,4-6,9H2,1-3H3;3-6H,1-2H3;1-2H3;2*1-2H3;2*2H,1H3;1H2. The molecule has 0 unspecified atom stereocenters. The second kappa shape index (κ2) is 51.2. The van der Waals surface area contributed by atoms with Crippen molar-refractivity contribution in [1.29, 1.82) is 0 Å². The molecule has 0 bridgehead atoms. The third kappa shape index (κ3) is 83.6. The number of aryl methyl sites for hydroxylation is 2. The van der Waals surface area contributed by atoms with Crippen LogP contribution in [0.1, 0.15) is 99.1 Å². The molecule has 0 aliphatic heterocycles. The highest BCUT2D eigenvalue weighted by atomic mass is 16.2. The summed E-state index contributed by atoms with van der Waals surface area (Å²) in [6.07, 6.45) is 4.66. The molecule has 1 rings (SSSR count). The molecule has 0 saturated carbocycles. The Bertz CT molecular complexity index is 437. The van der Waals surface area contributed by atoms with Gasteiger partial charge in [0.25, 0.3) is 0 Å². The van der Waals surface area contributed by atoms with Gasteiger partial charge in [0.15, 0.2) is 0 Å². The summed E-state index contributed by atoms with van der Waals surface area (Å²) in [6.45, 7) is 21.9. The second-order valence-corrected chi connectivity index (χ2v) is 6.12. The predicted molar refractivity (Wildman–Crippen MR) is 142 cm³/mol. The van der Waals surface area contributed by atoms with E-state index in [0.717, 1.165) is 33.0 Å². The molecule has 0 heterocycles. The lowest BCUT2D eigenvalue weighted by Crippen LogP contribution is -1.81. The fraction of sp³-hybridized carbons (Fsp3) is 0.667. The lowest BCUT2D eigenvalue weighted by atomic mass is 10.1. The highest BCUT2D eigenvalue weighted by molar-refractivity contribution is 5.72. The number of rotatable bonds is 3. The van der Waals surface area contributed by atoms with E-state index in [1.54, 1.807) is 0 Å². The Morgan fingerprint density at radius 3 is 1.48 bits per heavy atom. The number of hydrogen-bond donors (Lipinski definition) is 2. The lowest BCUT2D eigenvalue weighted by molar-refractivity contribution is -0.115. The van der Waals surface area contributed by atoms with Crippen LogP contribution < -0.4 is 0 Å². The van der Waals surface area contributed by atoms with Gasteiger partial charge in [0.1, 0.15) is 5.78 Å². The molecule has 0 aliphatic carbocycles. The summed E-state index contributed by atoms with van der Waals surface area (Å²) in [5.74, 6) is 7.23. The maximum Gasteiger partial charge on any atom is 0.126 e. The van der Waals surface area contributed by atoms with E-state index in [1.807, 2.05) is 27.7 Å². The van der Waals surface area contributed by atoms with Gasteiger partial charge in [0.05, 0.1) is 0 Å². The van der Waals surface area contributed by atoms with Crippen molar-refractivity contribution in [1.82, 2.24) is 0 Å². The van der Waals surface area contributed by atoms with E-state index in [2.05, 4.69) is 70.7 Å². The number of aliphatic hydroxyl groups is 2. The average molecular weight is 445 g/mol. The molecule has 0 atom stereocenters. The van der Waals surface area contributed by atoms with Gasteiger partial charge in [-0.3, -0.25) is 0 Å². The highest BCUT2D eigenvalue weighted by Gasteiger charge is 1.85. The van der Waals surface area contributed by atoms with Crippen molar-refractivity contribution in [3.8, 4) is 11.8 Å². The van der Waals surface area contributed by atoms with Gasteiger partial charge in [0.2, 0.25) is 0 Å². The molecule has 4 N–H and O–H groups in total. The summed E-state index contributed by atoms with van der Waals surface area (Å²) in [5, 5.41) is 14.0. The monoisotopic (exact) mass is 444 g/mol. The van der Waals surface area contributed by atoms with Gasteiger partial charge in [-0.05, 0) is 40.0 Å². The Hall–Kier alpha value is -1.67. The molecule has 1 aromatic rings. The molecule has 0 aromatic heterocycles. The maximum absolute atomic E-state index is 9.44. The topological polar surface area (TPSA) is 89.0 Å². The maximum atomic E-state index is 9.44. The minimum atomic E-state index is 0. The fourth-order valence-corrected chi connectivity index (χ4v) is 1.44. The van der Waals surface area contributed by atoms with Crippen molar-refractivity contribution in [2.75, 3.05) is 14.2 Å². The molecule has 0 aliphatic rings. The number of Topliss-reactive ketones (excluding diaryl/α,β-unsaturated/α-hetero) is 1. The van der Waals surface area contributed by atoms with Gasteiger partial charge in [0, 0.05) is 27.1 Å². The van der Waals surface area contributed by atoms with E-state index in [0.29, 0.717) is 0 Å². The minimum absolute atomic E-state index is 0. The van der Waals surface area contributed by atoms with Crippen LogP contribution in [0.4, 0.5) is 0 Å². The molecule has 0 fully saturated rings. The van der Waals surface area contributed by atoms with E-state index >= 15 is 0 Å². The largest absolute Gasteiger partial charge is 0.412 e. The van der Waals surface area contributed by atoms with Crippen LogP contribution in [0.15, 0.2) is 24.3 Å². The van der Waals surface area contributed by atoms with E-state index in [4.69, 9.17) is 10.2 Å². The third-order valence-corrected chi connectivity index (χ3v) is 2.46. The quantitative estimate of drug-likeness (QED) is 0.408. The first kappa shape index (κ1) is 47.2. The summed E-state index contributed by atoms with van der Waals surface area (Å²) < 4.78 is 0. The Morgan fingerprint density at radius 1 is 0.903 bits per heavy atom. The van der Waals surface area contributed by atoms with E-state index in [1.165, 1.54) is 37.8 Å². The smallest absolute Gasteiger partial charge is 0.126 e. The van der Waals surface area contributed by atoms with Crippen LogP contribution in [0.5, 0.6) is 0 Å². The number of unbranched alkanes of at least 4 members (excludes halogenated alkanes) is 2. The zero-order valence-corrected chi connectivity index (χ0v) is 23.0. The lowest BCUT2D eigenvalue weighted by Gasteiger charge is -1.92.